The molecule has 6 nitrogen and oxygen atoms in total. The summed E-state index contributed by atoms with van der Waals surface area (Å²) in [6, 6.07) is 24.9. The number of aromatic nitrogens is 2. The van der Waals surface area contributed by atoms with Crippen molar-refractivity contribution in [1.29, 1.82) is 0 Å². The van der Waals surface area contributed by atoms with Gasteiger partial charge in [0.15, 0.2) is 5.92 Å². The van der Waals surface area contributed by atoms with Crippen LogP contribution in [0.3, 0.4) is 0 Å². The molecule has 0 bridgehead atoms. The Hall–Kier alpha value is -3.45. The number of imidazole rings is 1. The SMILES string of the molecule is CCOC(=O)C1C(=O)N(CCc2ccccc2)c2nc3ccccc3n2C1c1cccc(Br)c1. The Bertz CT molecular complexity index is 1350. The molecule has 0 radical (unpaired) electrons. The molecule has 0 aliphatic carbocycles. The number of ether oxygens (including phenoxy) is 1. The lowest BCUT2D eigenvalue weighted by atomic mass is 9.89. The zero-order chi connectivity index (χ0) is 23.7. The van der Waals surface area contributed by atoms with Crippen molar-refractivity contribution in [3.05, 3.63) is 94.5 Å². The zero-order valence-corrected chi connectivity index (χ0v) is 20.3. The highest BCUT2D eigenvalue weighted by atomic mass is 79.9. The number of anilines is 1. The molecule has 1 aliphatic heterocycles. The molecule has 3 aromatic carbocycles. The summed E-state index contributed by atoms with van der Waals surface area (Å²) in [5.41, 5.74) is 3.60. The number of carbonyl (C=O) groups is 2. The van der Waals surface area contributed by atoms with E-state index in [1.807, 2.05) is 83.4 Å². The van der Waals surface area contributed by atoms with Crippen molar-refractivity contribution < 1.29 is 14.3 Å². The zero-order valence-electron chi connectivity index (χ0n) is 18.7. The standard InChI is InChI=1S/C27H24BrN3O3/c1-2-34-26(33)23-24(19-11-8-12-20(28)17-19)31-22-14-7-6-13-21(22)29-27(31)30(25(23)32)16-15-18-9-4-3-5-10-18/h3-14,17,23-24H,2,15-16H2,1H3. The molecule has 0 saturated carbocycles. The van der Waals surface area contributed by atoms with E-state index in [1.54, 1.807) is 11.8 Å². The van der Waals surface area contributed by atoms with Crippen molar-refractivity contribution in [2.24, 2.45) is 5.92 Å². The first kappa shape index (κ1) is 22.3. The molecular formula is C27H24BrN3O3. The first-order chi connectivity index (χ1) is 16.6. The highest BCUT2D eigenvalue weighted by molar-refractivity contribution is 9.10. The number of hydrogen-bond acceptors (Lipinski definition) is 4. The van der Waals surface area contributed by atoms with Crippen LogP contribution in [-0.2, 0) is 20.7 Å². The van der Waals surface area contributed by atoms with Crippen LogP contribution in [-0.4, -0.2) is 34.6 Å². The van der Waals surface area contributed by atoms with Gasteiger partial charge in [0, 0.05) is 11.0 Å². The van der Waals surface area contributed by atoms with Crippen LogP contribution in [0.2, 0.25) is 0 Å². The molecule has 4 aromatic rings. The maximum atomic E-state index is 13.9. The molecule has 2 heterocycles. The first-order valence-electron chi connectivity index (χ1n) is 11.3. The Morgan fingerprint density at radius 2 is 1.79 bits per heavy atom. The second-order valence-corrected chi connectivity index (χ2v) is 9.14. The minimum atomic E-state index is -1.02. The normalized spacial score (nSPS) is 17.6. The van der Waals surface area contributed by atoms with Crippen molar-refractivity contribution in [3.8, 4) is 0 Å². The summed E-state index contributed by atoms with van der Waals surface area (Å²) in [5, 5.41) is 0. The second-order valence-electron chi connectivity index (χ2n) is 8.23. The summed E-state index contributed by atoms with van der Waals surface area (Å²) in [7, 11) is 0. The minimum absolute atomic E-state index is 0.204. The molecule has 0 saturated heterocycles. The number of benzene rings is 3. The lowest BCUT2D eigenvalue weighted by Gasteiger charge is -2.38. The van der Waals surface area contributed by atoms with Crippen LogP contribution in [0.5, 0.6) is 0 Å². The monoisotopic (exact) mass is 517 g/mol. The molecule has 172 valence electrons. The van der Waals surface area contributed by atoms with Gasteiger partial charge in [0.05, 0.1) is 23.7 Å². The number of rotatable bonds is 6. The Morgan fingerprint density at radius 3 is 2.56 bits per heavy atom. The number of esters is 1. The van der Waals surface area contributed by atoms with Crippen LogP contribution in [0, 0.1) is 5.92 Å². The van der Waals surface area contributed by atoms with Crippen molar-refractivity contribution in [1.82, 2.24) is 9.55 Å². The average molecular weight is 518 g/mol. The summed E-state index contributed by atoms with van der Waals surface area (Å²) >= 11 is 3.54. The van der Waals surface area contributed by atoms with Gasteiger partial charge in [-0.1, -0.05) is 70.5 Å². The summed E-state index contributed by atoms with van der Waals surface area (Å²) in [6.45, 7) is 2.37. The molecule has 0 fully saturated rings. The van der Waals surface area contributed by atoms with Crippen LogP contribution in [0.25, 0.3) is 11.0 Å². The molecule has 1 amide bonds. The molecule has 34 heavy (non-hydrogen) atoms. The van der Waals surface area contributed by atoms with Crippen LogP contribution < -0.4 is 4.90 Å². The third kappa shape index (κ3) is 4.01. The number of halogens is 1. The highest BCUT2D eigenvalue weighted by Gasteiger charge is 2.47. The lowest BCUT2D eigenvalue weighted by molar-refractivity contribution is -0.153. The molecule has 2 unspecified atom stereocenters. The van der Waals surface area contributed by atoms with Gasteiger partial charge in [0.2, 0.25) is 11.9 Å². The lowest BCUT2D eigenvalue weighted by Crippen LogP contribution is -2.50. The molecule has 1 aromatic heterocycles. The van der Waals surface area contributed by atoms with E-state index < -0.39 is 17.9 Å². The van der Waals surface area contributed by atoms with Gasteiger partial charge in [-0.15, -0.1) is 0 Å². The second kappa shape index (κ2) is 9.43. The molecule has 7 heteroatoms. The summed E-state index contributed by atoms with van der Waals surface area (Å²) in [4.78, 5) is 33.7. The van der Waals surface area contributed by atoms with Crippen LogP contribution in [0.4, 0.5) is 5.95 Å². The van der Waals surface area contributed by atoms with E-state index in [-0.39, 0.29) is 12.5 Å². The van der Waals surface area contributed by atoms with Crippen LogP contribution >= 0.6 is 15.9 Å². The van der Waals surface area contributed by atoms with Gasteiger partial charge in [0.25, 0.3) is 0 Å². The van der Waals surface area contributed by atoms with Crippen LogP contribution in [0.15, 0.2) is 83.3 Å². The average Bonchev–Trinajstić information content (AvgIpc) is 3.22. The topological polar surface area (TPSA) is 64.4 Å². The first-order valence-corrected chi connectivity index (χ1v) is 12.1. The number of nitrogens with zero attached hydrogens (tertiary/aromatic N) is 3. The number of carbonyl (C=O) groups excluding carboxylic acids is 2. The van der Waals surface area contributed by atoms with Gasteiger partial charge in [-0.05, 0) is 48.7 Å². The van der Waals surface area contributed by atoms with Gasteiger partial charge < -0.3 is 9.30 Å². The minimum Gasteiger partial charge on any atom is -0.465 e. The number of amides is 1. The predicted octanol–water partition coefficient (Wildman–Crippen LogP) is 5.16. The fourth-order valence-corrected chi connectivity index (χ4v) is 5.05. The quantitative estimate of drug-likeness (QED) is 0.262. The smallest absolute Gasteiger partial charge is 0.321 e. The van der Waals surface area contributed by atoms with Gasteiger partial charge >= 0.3 is 5.97 Å². The van der Waals surface area contributed by atoms with Crippen molar-refractivity contribution in [3.63, 3.8) is 0 Å². The maximum absolute atomic E-state index is 13.9. The third-order valence-corrected chi connectivity index (χ3v) is 6.64. The fourth-order valence-electron chi connectivity index (χ4n) is 4.64. The van der Waals surface area contributed by atoms with Crippen molar-refractivity contribution in [2.45, 2.75) is 19.4 Å². The molecule has 1 aliphatic rings. The molecule has 5 rings (SSSR count). The van der Waals surface area contributed by atoms with E-state index in [9.17, 15) is 9.59 Å². The molecular weight excluding hydrogens is 494 g/mol. The van der Waals surface area contributed by atoms with Crippen LogP contribution in [0.1, 0.15) is 24.1 Å². The van der Waals surface area contributed by atoms with Gasteiger partial charge in [-0.3, -0.25) is 14.5 Å². The number of hydrogen-bond donors (Lipinski definition) is 0. The van der Waals surface area contributed by atoms with Gasteiger partial charge in [0.1, 0.15) is 0 Å². The Balaban J connectivity index is 1.69. The van der Waals surface area contributed by atoms with E-state index in [2.05, 4.69) is 15.9 Å². The van der Waals surface area contributed by atoms with E-state index in [1.165, 1.54) is 0 Å². The maximum Gasteiger partial charge on any atom is 0.321 e. The van der Waals surface area contributed by atoms with Crippen molar-refractivity contribution >= 4 is 44.8 Å². The fraction of sp³-hybridized carbons (Fsp3) is 0.222. The third-order valence-electron chi connectivity index (χ3n) is 6.14. The Kier molecular flexibility index (Phi) is 6.20. The molecule has 0 spiro atoms. The Morgan fingerprint density at radius 1 is 1.03 bits per heavy atom. The largest absolute Gasteiger partial charge is 0.465 e. The molecule has 0 N–H and O–H groups in total. The van der Waals surface area contributed by atoms with E-state index in [4.69, 9.17) is 9.72 Å². The number of fused-ring (bicyclic) bond motifs is 3. The van der Waals surface area contributed by atoms with E-state index in [0.29, 0.717) is 18.9 Å². The summed E-state index contributed by atoms with van der Waals surface area (Å²) in [6.07, 6.45) is 0.646. The van der Waals surface area contributed by atoms with E-state index >= 15 is 0 Å². The number of para-hydroxylation sites is 2. The van der Waals surface area contributed by atoms with Crippen molar-refractivity contribution in [2.75, 3.05) is 18.1 Å². The summed E-state index contributed by atoms with van der Waals surface area (Å²) < 4.78 is 8.31. The molecule has 2 atom stereocenters. The van der Waals surface area contributed by atoms with E-state index in [0.717, 1.165) is 26.6 Å². The van der Waals surface area contributed by atoms with Gasteiger partial charge in [-0.25, -0.2) is 4.98 Å². The van der Waals surface area contributed by atoms with Gasteiger partial charge in [-0.2, -0.15) is 0 Å². The summed E-state index contributed by atoms with van der Waals surface area (Å²) in [5.74, 6) is -1.28. The Labute approximate surface area is 206 Å². The predicted molar refractivity (Wildman–Crippen MR) is 135 cm³/mol. The highest BCUT2D eigenvalue weighted by Crippen LogP contribution is 2.41.